The molecule has 4 heteroatoms. The molecule has 1 aromatic carbocycles. The van der Waals surface area contributed by atoms with Crippen LogP contribution in [0.25, 0.3) is 0 Å². The largest absolute Gasteiger partial charge is 0.507 e. The molecule has 0 spiro atoms. The van der Waals surface area contributed by atoms with E-state index in [1.807, 2.05) is 13.8 Å². The number of ether oxygens (including phenoxy) is 2. The van der Waals surface area contributed by atoms with E-state index in [9.17, 15) is 9.90 Å². The molecule has 0 saturated heterocycles. The summed E-state index contributed by atoms with van der Waals surface area (Å²) in [5.74, 6) is 0.747. The van der Waals surface area contributed by atoms with Crippen LogP contribution in [0.1, 0.15) is 24.2 Å². The number of phenolic OH excluding ortho intramolecular Hbond substituents is 1. The quantitative estimate of drug-likeness (QED) is 0.772. The molecule has 0 fully saturated rings. The van der Waals surface area contributed by atoms with E-state index in [-0.39, 0.29) is 17.4 Å². The SMILES string of the molecule is COc1cc(O)c(C=O)cc1OC(C)C. The molecule has 0 bridgehead atoms. The molecule has 0 radical (unpaired) electrons. The maximum atomic E-state index is 10.6. The summed E-state index contributed by atoms with van der Waals surface area (Å²) in [7, 11) is 1.47. The van der Waals surface area contributed by atoms with Gasteiger partial charge in [0.15, 0.2) is 17.8 Å². The Hall–Kier alpha value is -1.71. The number of hydrogen-bond donors (Lipinski definition) is 1. The Labute approximate surface area is 88.4 Å². The summed E-state index contributed by atoms with van der Waals surface area (Å²) >= 11 is 0. The summed E-state index contributed by atoms with van der Waals surface area (Å²) in [6.07, 6.45) is 0.546. The summed E-state index contributed by atoms with van der Waals surface area (Å²) in [6.45, 7) is 3.74. The first-order valence-corrected chi connectivity index (χ1v) is 4.61. The fourth-order valence-corrected chi connectivity index (χ4v) is 1.16. The first-order valence-electron chi connectivity index (χ1n) is 4.61. The zero-order valence-corrected chi connectivity index (χ0v) is 8.98. The highest BCUT2D eigenvalue weighted by atomic mass is 16.5. The summed E-state index contributed by atoms with van der Waals surface area (Å²) in [5, 5.41) is 9.41. The van der Waals surface area contributed by atoms with Crippen LogP contribution in [0.5, 0.6) is 17.2 Å². The molecule has 0 saturated carbocycles. The molecule has 0 amide bonds. The van der Waals surface area contributed by atoms with Crippen molar-refractivity contribution < 1.29 is 19.4 Å². The van der Waals surface area contributed by atoms with Gasteiger partial charge in [0.05, 0.1) is 18.8 Å². The van der Waals surface area contributed by atoms with Crippen molar-refractivity contribution in [2.24, 2.45) is 0 Å². The van der Waals surface area contributed by atoms with Crippen molar-refractivity contribution in [3.05, 3.63) is 17.7 Å². The third-order valence-corrected chi connectivity index (χ3v) is 1.80. The van der Waals surface area contributed by atoms with E-state index in [1.54, 1.807) is 0 Å². The van der Waals surface area contributed by atoms with E-state index < -0.39 is 0 Å². The number of benzene rings is 1. The van der Waals surface area contributed by atoms with E-state index in [2.05, 4.69) is 0 Å². The first kappa shape index (κ1) is 11.4. The van der Waals surface area contributed by atoms with Crippen LogP contribution in [0.4, 0.5) is 0 Å². The maximum Gasteiger partial charge on any atom is 0.164 e. The molecule has 0 unspecified atom stereocenters. The topological polar surface area (TPSA) is 55.8 Å². The van der Waals surface area contributed by atoms with Crippen molar-refractivity contribution in [1.82, 2.24) is 0 Å². The summed E-state index contributed by atoms with van der Waals surface area (Å²) < 4.78 is 10.5. The van der Waals surface area contributed by atoms with Gasteiger partial charge in [-0.3, -0.25) is 4.79 Å². The Bertz CT molecular complexity index is 358. The number of aldehydes is 1. The lowest BCUT2D eigenvalue weighted by molar-refractivity contribution is 0.112. The molecule has 4 nitrogen and oxygen atoms in total. The number of carbonyl (C=O) groups is 1. The summed E-state index contributed by atoms with van der Waals surface area (Å²) in [4.78, 5) is 10.6. The minimum Gasteiger partial charge on any atom is -0.507 e. The van der Waals surface area contributed by atoms with Gasteiger partial charge >= 0.3 is 0 Å². The monoisotopic (exact) mass is 210 g/mol. The van der Waals surface area contributed by atoms with Crippen LogP contribution < -0.4 is 9.47 Å². The molecule has 0 aliphatic carbocycles. The van der Waals surface area contributed by atoms with Crippen LogP contribution in [-0.2, 0) is 0 Å². The van der Waals surface area contributed by atoms with Gasteiger partial charge in [-0.1, -0.05) is 0 Å². The second-order valence-electron chi connectivity index (χ2n) is 3.35. The van der Waals surface area contributed by atoms with Gasteiger partial charge in [0.25, 0.3) is 0 Å². The lowest BCUT2D eigenvalue weighted by Gasteiger charge is -2.14. The smallest absolute Gasteiger partial charge is 0.164 e. The Morgan fingerprint density at radius 2 is 2.00 bits per heavy atom. The molecular weight excluding hydrogens is 196 g/mol. The van der Waals surface area contributed by atoms with Gasteiger partial charge in [0.1, 0.15) is 5.75 Å². The number of hydrogen-bond acceptors (Lipinski definition) is 4. The van der Waals surface area contributed by atoms with Gasteiger partial charge in [-0.2, -0.15) is 0 Å². The van der Waals surface area contributed by atoms with E-state index >= 15 is 0 Å². The zero-order valence-electron chi connectivity index (χ0n) is 8.98. The second-order valence-corrected chi connectivity index (χ2v) is 3.35. The van der Waals surface area contributed by atoms with Gasteiger partial charge in [-0.25, -0.2) is 0 Å². The highest BCUT2D eigenvalue weighted by Gasteiger charge is 2.11. The van der Waals surface area contributed by atoms with E-state index in [1.165, 1.54) is 19.2 Å². The normalized spacial score (nSPS) is 10.1. The molecule has 0 aromatic heterocycles. The summed E-state index contributed by atoms with van der Waals surface area (Å²) in [5.41, 5.74) is 0.187. The second kappa shape index (κ2) is 4.68. The Morgan fingerprint density at radius 1 is 1.33 bits per heavy atom. The summed E-state index contributed by atoms with van der Waals surface area (Å²) in [6, 6.07) is 2.82. The molecule has 0 atom stereocenters. The molecular formula is C11H14O4. The minimum atomic E-state index is -0.113. The molecule has 15 heavy (non-hydrogen) atoms. The van der Waals surface area contributed by atoms with Gasteiger partial charge in [0.2, 0.25) is 0 Å². The van der Waals surface area contributed by atoms with Crippen LogP contribution in [0.15, 0.2) is 12.1 Å². The van der Waals surface area contributed by atoms with Crippen LogP contribution in [0.2, 0.25) is 0 Å². The molecule has 1 N–H and O–H groups in total. The van der Waals surface area contributed by atoms with E-state index in [4.69, 9.17) is 9.47 Å². The molecule has 0 aliphatic rings. The molecule has 82 valence electrons. The van der Waals surface area contributed by atoms with Gasteiger partial charge in [-0.05, 0) is 19.9 Å². The van der Waals surface area contributed by atoms with Crippen molar-refractivity contribution in [3.8, 4) is 17.2 Å². The highest BCUT2D eigenvalue weighted by molar-refractivity contribution is 5.81. The van der Waals surface area contributed by atoms with Gasteiger partial charge < -0.3 is 14.6 Å². The lowest BCUT2D eigenvalue weighted by atomic mass is 10.2. The van der Waals surface area contributed by atoms with Crippen molar-refractivity contribution >= 4 is 6.29 Å². The molecule has 1 rings (SSSR count). The van der Waals surface area contributed by atoms with Crippen molar-refractivity contribution in [2.75, 3.05) is 7.11 Å². The van der Waals surface area contributed by atoms with E-state index in [0.717, 1.165) is 0 Å². The highest BCUT2D eigenvalue weighted by Crippen LogP contribution is 2.33. The third kappa shape index (κ3) is 2.62. The number of methoxy groups -OCH3 is 1. The van der Waals surface area contributed by atoms with Crippen molar-refractivity contribution in [1.29, 1.82) is 0 Å². The predicted molar refractivity (Wildman–Crippen MR) is 55.8 cm³/mol. The van der Waals surface area contributed by atoms with Gasteiger partial charge in [-0.15, -0.1) is 0 Å². The zero-order chi connectivity index (χ0) is 11.4. The average Bonchev–Trinajstić information content (AvgIpc) is 2.19. The van der Waals surface area contributed by atoms with Crippen molar-refractivity contribution in [3.63, 3.8) is 0 Å². The molecule has 1 aromatic rings. The Kier molecular flexibility index (Phi) is 3.55. The van der Waals surface area contributed by atoms with Crippen molar-refractivity contribution in [2.45, 2.75) is 20.0 Å². The van der Waals surface area contributed by atoms with Crippen LogP contribution in [-0.4, -0.2) is 24.6 Å². The number of aromatic hydroxyl groups is 1. The predicted octanol–water partition coefficient (Wildman–Crippen LogP) is 2.00. The minimum absolute atomic E-state index is 0.0251. The Morgan fingerprint density at radius 3 is 2.47 bits per heavy atom. The standard InChI is InChI=1S/C11H14O4/c1-7(2)15-11-4-8(6-12)9(13)5-10(11)14-3/h4-7,13H,1-3H3. The van der Waals surface area contributed by atoms with Crippen LogP contribution in [0.3, 0.4) is 0 Å². The van der Waals surface area contributed by atoms with E-state index in [0.29, 0.717) is 17.8 Å². The first-order chi connectivity index (χ1) is 7.08. The third-order valence-electron chi connectivity index (χ3n) is 1.80. The van der Waals surface area contributed by atoms with Crippen LogP contribution >= 0.6 is 0 Å². The number of carbonyl (C=O) groups excluding carboxylic acids is 1. The maximum absolute atomic E-state index is 10.6. The fourth-order valence-electron chi connectivity index (χ4n) is 1.16. The molecule has 0 aliphatic heterocycles. The van der Waals surface area contributed by atoms with Gasteiger partial charge in [0, 0.05) is 6.07 Å². The number of phenols is 1. The average molecular weight is 210 g/mol. The lowest BCUT2D eigenvalue weighted by Crippen LogP contribution is -2.07. The molecule has 0 heterocycles. The fraction of sp³-hybridized carbons (Fsp3) is 0.364. The number of rotatable bonds is 4. The van der Waals surface area contributed by atoms with Crippen LogP contribution in [0, 0.1) is 0 Å². The Balaban J connectivity index is 3.16.